The Morgan fingerprint density at radius 2 is 2.19 bits per heavy atom. The summed E-state index contributed by atoms with van der Waals surface area (Å²) in [5, 5.41) is 13.6. The first-order valence-electron chi connectivity index (χ1n) is 6.77. The molecule has 0 saturated carbocycles. The van der Waals surface area contributed by atoms with Gasteiger partial charge in [-0.05, 0) is 24.6 Å². The van der Waals surface area contributed by atoms with E-state index in [0.717, 1.165) is 5.56 Å². The van der Waals surface area contributed by atoms with Crippen molar-refractivity contribution >= 4 is 29.2 Å². The lowest BCUT2D eigenvalue weighted by Gasteiger charge is -2.28. The molecule has 1 heterocycles. The second-order valence-corrected chi connectivity index (χ2v) is 5.68. The number of hydrogen-bond donors (Lipinski definition) is 2. The van der Waals surface area contributed by atoms with Gasteiger partial charge in [0.25, 0.3) is 0 Å². The average Bonchev–Trinajstić information content (AvgIpc) is 2.87. The maximum Gasteiger partial charge on any atom is 0.318 e. The fourth-order valence-corrected chi connectivity index (χ4v) is 2.61. The highest BCUT2D eigenvalue weighted by Gasteiger charge is 2.33. The number of urea groups is 1. The van der Waals surface area contributed by atoms with Crippen LogP contribution >= 0.6 is 23.2 Å². The van der Waals surface area contributed by atoms with Crippen LogP contribution in [0, 0.1) is 0 Å². The molecule has 1 aromatic rings. The average molecular weight is 333 g/mol. The minimum atomic E-state index is -0.638. The number of aliphatic hydroxyl groups excluding tert-OH is 1. The maximum atomic E-state index is 12.2. The lowest BCUT2D eigenvalue weighted by atomic mass is 10.2. The molecule has 2 amide bonds. The topological polar surface area (TPSA) is 61.8 Å². The molecule has 0 aliphatic carbocycles. The summed E-state index contributed by atoms with van der Waals surface area (Å²) in [5.41, 5.74) is 0.858. The molecule has 1 aliphatic heterocycles. The minimum absolute atomic E-state index is 0.238. The van der Waals surface area contributed by atoms with Gasteiger partial charge in [-0.3, -0.25) is 0 Å². The predicted octanol–water partition coefficient (Wildman–Crippen LogP) is 2.28. The molecular weight excluding hydrogens is 315 g/mol. The molecule has 2 rings (SSSR count). The molecule has 1 saturated heterocycles. The van der Waals surface area contributed by atoms with Crippen molar-refractivity contribution in [2.45, 2.75) is 25.6 Å². The Kier molecular flexibility index (Phi) is 5.70. The lowest BCUT2D eigenvalue weighted by molar-refractivity contribution is 0.0962. The van der Waals surface area contributed by atoms with Gasteiger partial charge in [-0.25, -0.2) is 4.79 Å². The molecule has 116 valence electrons. The zero-order chi connectivity index (χ0) is 15.4. The van der Waals surface area contributed by atoms with Gasteiger partial charge in [-0.2, -0.15) is 0 Å². The number of nitrogens with one attached hydrogen (secondary N) is 1. The van der Waals surface area contributed by atoms with Gasteiger partial charge in [0.05, 0.1) is 35.4 Å². The predicted molar refractivity (Wildman–Crippen MR) is 81.7 cm³/mol. The third-order valence-corrected chi connectivity index (χ3v) is 4.19. The van der Waals surface area contributed by atoms with Crippen molar-refractivity contribution in [3.05, 3.63) is 33.8 Å². The number of aliphatic hydroxyl groups is 1. The van der Waals surface area contributed by atoms with Gasteiger partial charge < -0.3 is 20.1 Å². The quantitative estimate of drug-likeness (QED) is 0.889. The second kappa shape index (κ2) is 7.31. The van der Waals surface area contributed by atoms with Gasteiger partial charge in [0.2, 0.25) is 0 Å². The first-order chi connectivity index (χ1) is 10.0. The third-order valence-electron chi connectivity index (χ3n) is 3.45. The zero-order valence-corrected chi connectivity index (χ0v) is 13.2. The number of halogens is 2. The fraction of sp³-hybridized carbons (Fsp3) is 0.500. The van der Waals surface area contributed by atoms with Crippen LogP contribution in [0.5, 0.6) is 0 Å². The molecule has 7 heteroatoms. The van der Waals surface area contributed by atoms with Crippen LogP contribution in [-0.4, -0.2) is 47.9 Å². The lowest BCUT2D eigenvalue weighted by Crippen LogP contribution is -2.50. The Hall–Kier alpha value is -1.01. The van der Waals surface area contributed by atoms with Crippen LogP contribution in [0.15, 0.2) is 18.2 Å². The Balaban J connectivity index is 1.94. The molecule has 2 N–H and O–H groups in total. The highest BCUT2D eigenvalue weighted by atomic mass is 35.5. The van der Waals surface area contributed by atoms with E-state index in [2.05, 4.69) is 5.32 Å². The zero-order valence-electron chi connectivity index (χ0n) is 11.7. The first-order valence-corrected chi connectivity index (χ1v) is 7.52. The number of benzene rings is 1. The molecule has 0 aromatic heterocycles. The van der Waals surface area contributed by atoms with Crippen molar-refractivity contribution in [3.8, 4) is 0 Å². The van der Waals surface area contributed by atoms with Crippen molar-refractivity contribution in [3.63, 3.8) is 0 Å². The number of ether oxygens (including phenoxy) is 1. The van der Waals surface area contributed by atoms with E-state index in [9.17, 15) is 9.90 Å². The summed E-state index contributed by atoms with van der Waals surface area (Å²) >= 11 is 11.8. The monoisotopic (exact) mass is 332 g/mol. The Bertz CT molecular complexity index is 513. The van der Waals surface area contributed by atoms with Crippen molar-refractivity contribution in [1.29, 1.82) is 0 Å². The molecule has 1 aliphatic rings. The van der Waals surface area contributed by atoms with E-state index in [-0.39, 0.29) is 18.7 Å². The van der Waals surface area contributed by atoms with Crippen molar-refractivity contribution in [1.82, 2.24) is 10.2 Å². The minimum Gasteiger partial charge on any atom is -0.388 e. The Morgan fingerprint density at radius 3 is 2.76 bits per heavy atom. The van der Waals surface area contributed by atoms with E-state index in [0.29, 0.717) is 29.7 Å². The Morgan fingerprint density at radius 1 is 1.43 bits per heavy atom. The molecule has 1 fully saturated rings. The number of hydrogen-bond acceptors (Lipinski definition) is 3. The summed E-state index contributed by atoms with van der Waals surface area (Å²) in [6.07, 6.45) is -0.638. The standard InChI is InChI=1S/C14H18Cl2N2O3/c1-2-18(12-7-21-8-13(12)19)14(20)17-6-9-3-4-10(15)11(16)5-9/h3-5,12-13,19H,2,6-8H2,1H3,(H,17,20)/t12-,13-/m0/s1. The number of carbonyl (C=O) groups is 1. The molecule has 1 aromatic carbocycles. The fourth-order valence-electron chi connectivity index (χ4n) is 2.29. The van der Waals surface area contributed by atoms with Gasteiger partial charge >= 0.3 is 6.03 Å². The summed E-state index contributed by atoms with van der Waals surface area (Å²) in [6.45, 7) is 3.33. The second-order valence-electron chi connectivity index (χ2n) is 4.87. The van der Waals surface area contributed by atoms with Gasteiger partial charge in [0, 0.05) is 13.1 Å². The summed E-state index contributed by atoms with van der Waals surface area (Å²) in [6, 6.07) is 4.67. The van der Waals surface area contributed by atoms with Crippen LogP contribution in [0.4, 0.5) is 4.79 Å². The van der Waals surface area contributed by atoms with E-state index in [1.807, 2.05) is 6.92 Å². The van der Waals surface area contributed by atoms with E-state index < -0.39 is 6.10 Å². The van der Waals surface area contributed by atoms with Crippen molar-refractivity contribution in [2.75, 3.05) is 19.8 Å². The van der Waals surface area contributed by atoms with E-state index in [1.165, 1.54) is 0 Å². The van der Waals surface area contributed by atoms with E-state index in [1.54, 1.807) is 23.1 Å². The number of amides is 2. The largest absolute Gasteiger partial charge is 0.388 e. The van der Waals surface area contributed by atoms with Gasteiger partial charge in [-0.15, -0.1) is 0 Å². The Labute approximate surface area is 133 Å². The van der Waals surface area contributed by atoms with Crippen molar-refractivity contribution in [2.24, 2.45) is 0 Å². The van der Waals surface area contributed by atoms with Crippen LogP contribution in [0.25, 0.3) is 0 Å². The summed E-state index contributed by atoms with van der Waals surface area (Å²) in [5.74, 6) is 0. The van der Waals surface area contributed by atoms with Crippen LogP contribution in [0.2, 0.25) is 10.0 Å². The maximum absolute atomic E-state index is 12.2. The van der Waals surface area contributed by atoms with Crippen LogP contribution in [0.3, 0.4) is 0 Å². The smallest absolute Gasteiger partial charge is 0.318 e. The molecule has 5 nitrogen and oxygen atoms in total. The number of carbonyl (C=O) groups excluding carboxylic acids is 1. The number of likely N-dealkylation sites (N-methyl/N-ethyl adjacent to an activating group) is 1. The molecule has 0 unspecified atom stereocenters. The first kappa shape index (κ1) is 16.4. The van der Waals surface area contributed by atoms with Gasteiger partial charge in [0.1, 0.15) is 0 Å². The number of rotatable bonds is 4. The molecule has 0 bridgehead atoms. The van der Waals surface area contributed by atoms with E-state index in [4.69, 9.17) is 27.9 Å². The van der Waals surface area contributed by atoms with E-state index >= 15 is 0 Å². The summed E-state index contributed by atoms with van der Waals surface area (Å²) < 4.78 is 5.19. The molecule has 0 spiro atoms. The highest BCUT2D eigenvalue weighted by molar-refractivity contribution is 6.42. The van der Waals surface area contributed by atoms with Gasteiger partial charge in [-0.1, -0.05) is 29.3 Å². The summed E-state index contributed by atoms with van der Waals surface area (Å²) in [4.78, 5) is 13.8. The summed E-state index contributed by atoms with van der Waals surface area (Å²) in [7, 11) is 0. The van der Waals surface area contributed by atoms with Crippen molar-refractivity contribution < 1.29 is 14.6 Å². The normalized spacial score (nSPS) is 21.3. The third kappa shape index (κ3) is 4.01. The van der Waals surface area contributed by atoms with Crippen LogP contribution in [0.1, 0.15) is 12.5 Å². The highest BCUT2D eigenvalue weighted by Crippen LogP contribution is 2.22. The molecular formula is C14H18Cl2N2O3. The van der Waals surface area contributed by atoms with Crippen LogP contribution in [-0.2, 0) is 11.3 Å². The van der Waals surface area contributed by atoms with Gasteiger partial charge in [0.15, 0.2) is 0 Å². The molecule has 0 radical (unpaired) electrons. The molecule has 21 heavy (non-hydrogen) atoms. The SMILES string of the molecule is CCN(C(=O)NCc1ccc(Cl)c(Cl)c1)[C@H]1COC[C@@H]1O. The number of nitrogens with zero attached hydrogens (tertiary/aromatic N) is 1. The molecule has 2 atom stereocenters. The van der Waals surface area contributed by atoms with Crippen LogP contribution < -0.4 is 5.32 Å².